The summed E-state index contributed by atoms with van der Waals surface area (Å²) in [5.74, 6) is -0.0909. The Morgan fingerprint density at radius 1 is 1.32 bits per heavy atom. The number of carbonyl (C=O) groups is 1. The summed E-state index contributed by atoms with van der Waals surface area (Å²) in [5.41, 5.74) is 1.55. The minimum Gasteiger partial charge on any atom is -0.393 e. The predicted molar refractivity (Wildman–Crippen MR) is 68.4 cm³/mol. The fraction of sp³-hybridized carbons (Fsp3) is 0.286. The van der Waals surface area contributed by atoms with Crippen LogP contribution in [0.5, 0.6) is 0 Å². The molecule has 1 aliphatic carbocycles. The summed E-state index contributed by atoms with van der Waals surface area (Å²) in [4.78, 5) is 11.9. The Bertz CT molecular complexity index is 573. The quantitative estimate of drug-likeness (QED) is 0.876. The average molecular weight is 258 g/mol. The molecule has 1 aromatic carbocycles. The highest BCUT2D eigenvalue weighted by Crippen LogP contribution is 2.21. The van der Waals surface area contributed by atoms with Gasteiger partial charge in [0.2, 0.25) is 5.76 Å². The van der Waals surface area contributed by atoms with Gasteiger partial charge in [-0.1, -0.05) is 35.5 Å². The molecule has 2 aromatic rings. The Balaban J connectivity index is 1.69. The number of hydrogen-bond acceptors (Lipinski definition) is 4. The fourth-order valence-electron chi connectivity index (χ4n) is 2.09. The van der Waals surface area contributed by atoms with Gasteiger partial charge in [-0.3, -0.25) is 4.79 Å². The third-order valence-corrected chi connectivity index (χ3v) is 3.25. The summed E-state index contributed by atoms with van der Waals surface area (Å²) in [6.07, 6.45) is 0.913. The van der Waals surface area contributed by atoms with Gasteiger partial charge in [-0.2, -0.15) is 0 Å². The molecular formula is C14H14N2O3. The molecule has 5 heteroatoms. The lowest BCUT2D eigenvalue weighted by Gasteiger charge is -2.31. The lowest BCUT2D eigenvalue weighted by atomic mass is 9.89. The van der Waals surface area contributed by atoms with Crippen LogP contribution in [-0.4, -0.2) is 28.3 Å². The van der Waals surface area contributed by atoms with Crippen molar-refractivity contribution in [3.63, 3.8) is 0 Å². The van der Waals surface area contributed by atoms with Crippen LogP contribution in [0.1, 0.15) is 23.4 Å². The molecule has 2 N–H and O–H groups in total. The summed E-state index contributed by atoms with van der Waals surface area (Å²) in [7, 11) is 0. The fourth-order valence-corrected chi connectivity index (χ4v) is 2.09. The molecule has 0 saturated heterocycles. The van der Waals surface area contributed by atoms with Gasteiger partial charge in [-0.25, -0.2) is 0 Å². The van der Waals surface area contributed by atoms with Crippen LogP contribution in [0.25, 0.3) is 11.3 Å². The van der Waals surface area contributed by atoms with Gasteiger partial charge in [0.25, 0.3) is 5.91 Å². The molecule has 0 aliphatic heterocycles. The molecule has 1 saturated carbocycles. The van der Waals surface area contributed by atoms with Crippen molar-refractivity contribution in [2.24, 2.45) is 0 Å². The van der Waals surface area contributed by atoms with Gasteiger partial charge in [0.15, 0.2) is 0 Å². The maximum absolute atomic E-state index is 11.9. The van der Waals surface area contributed by atoms with Crippen molar-refractivity contribution in [2.75, 3.05) is 0 Å². The molecule has 0 radical (unpaired) electrons. The van der Waals surface area contributed by atoms with Crippen LogP contribution in [0.2, 0.25) is 0 Å². The van der Waals surface area contributed by atoms with Crippen LogP contribution in [0.15, 0.2) is 40.9 Å². The van der Waals surface area contributed by atoms with Gasteiger partial charge >= 0.3 is 0 Å². The SMILES string of the molecule is O=C(N[C@H]1C[C@H](O)C1)c1cc(-c2ccccc2)no1. The largest absolute Gasteiger partial charge is 0.393 e. The van der Waals surface area contributed by atoms with Crippen LogP contribution in [-0.2, 0) is 0 Å². The predicted octanol–water partition coefficient (Wildman–Crippen LogP) is 1.59. The second kappa shape index (κ2) is 4.85. The first-order valence-electron chi connectivity index (χ1n) is 6.23. The van der Waals surface area contributed by atoms with Gasteiger partial charge < -0.3 is 14.9 Å². The summed E-state index contributed by atoms with van der Waals surface area (Å²) in [6, 6.07) is 11.2. The number of nitrogens with zero attached hydrogens (tertiary/aromatic N) is 1. The van der Waals surface area contributed by atoms with Gasteiger partial charge in [0.05, 0.1) is 6.10 Å². The zero-order valence-electron chi connectivity index (χ0n) is 10.2. The molecule has 19 heavy (non-hydrogen) atoms. The number of hydrogen-bond donors (Lipinski definition) is 2. The molecule has 3 rings (SSSR count). The average Bonchev–Trinajstić information content (AvgIpc) is 2.87. The number of aromatic nitrogens is 1. The molecule has 0 atom stereocenters. The van der Waals surface area contributed by atoms with Crippen molar-refractivity contribution >= 4 is 5.91 Å². The molecular weight excluding hydrogens is 244 g/mol. The molecule has 0 bridgehead atoms. The topological polar surface area (TPSA) is 75.4 Å². The normalized spacial score (nSPS) is 21.7. The van der Waals surface area contributed by atoms with Crippen molar-refractivity contribution in [1.29, 1.82) is 0 Å². The van der Waals surface area contributed by atoms with E-state index in [2.05, 4.69) is 10.5 Å². The number of carbonyl (C=O) groups excluding carboxylic acids is 1. The molecule has 5 nitrogen and oxygen atoms in total. The van der Waals surface area contributed by atoms with Crippen LogP contribution in [0.4, 0.5) is 0 Å². The molecule has 0 unspecified atom stereocenters. The minimum atomic E-state index is -0.292. The highest BCUT2D eigenvalue weighted by Gasteiger charge is 2.29. The van der Waals surface area contributed by atoms with Gasteiger partial charge in [0.1, 0.15) is 5.69 Å². The van der Waals surface area contributed by atoms with E-state index in [9.17, 15) is 4.79 Å². The Morgan fingerprint density at radius 3 is 2.74 bits per heavy atom. The van der Waals surface area contributed by atoms with Crippen molar-refractivity contribution in [2.45, 2.75) is 25.0 Å². The molecule has 1 aromatic heterocycles. The first kappa shape index (κ1) is 11.9. The first-order chi connectivity index (χ1) is 9.22. The van der Waals surface area contributed by atoms with Crippen LogP contribution >= 0.6 is 0 Å². The number of aliphatic hydroxyl groups is 1. The van der Waals surface area contributed by atoms with E-state index in [0.717, 1.165) is 5.56 Å². The van der Waals surface area contributed by atoms with Gasteiger partial charge in [-0.15, -0.1) is 0 Å². The number of benzene rings is 1. The molecule has 0 spiro atoms. The number of rotatable bonds is 3. The smallest absolute Gasteiger partial charge is 0.290 e. The van der Waals surface area contributed by atoms with Gasteiger partial charge in [0, 0.05) is 17.7 Å². The highest BCUT2D eigenvalue weighted by molar-refractivity contribution is 5.92. The van der Waals surface area contributed by atoms with E-state index in [4.69, 9.17) is 9.63 Å². The zero-order chi connectivity index (χ0) is 13.2. The van der Waals surface area contributed by atoms with Crippen molar-refractivity contribution in [1.82, 2.24) is 10.5 Å². The van der Waals surface area contributed by atoms with Crippen LogP contribution < -0.4 is 5.32 Å². The van der Waals surface area contributed by atoms with Crippen molar-refractivity contribution < 1.29 is 14.4 Å². The van der Waals surface area contributed by atoms with E-state index in [1.54, 1.807) is 6.07 Å². The second-order valence-corrected chi connectivity index (χ2v) is 4.74. The summed E-state index contributed by atoms with van der Waals surface area (Å²) < 4.78 is 5.05. The maximum atomic E-state index is 11.9. The Kier molecular flexibility index (Phi) is 3.05. The number of aliphatic hydroxyl groups excluding tert-OH is 1. The van der Waals surface area contributed by atoms with E-state index in [-0.39, 0.29) is 23.8 Å². The van der Waals surface area contributed by atoms with Crippen molar-refractivity contribution in [3.8, 4) is 11.3 Å². The number of amides is 1. The zero-order valence-corrected chi connectivity index (χ0v) is 10.2. The number of nitrogens with one attached hydrogen (secondary N) is 1. The molecule has 1 heterocycles. The third kappa shape index (κ3) is 2.51. The summed E-state index contributed by atoms with van der Waals surface area (Å²) in [5, 5.41) is 15.9. The van der Waals surface area contributed by atoms with E-state index in [1.807, 2.05) is 30.3 Å². The Hall–Kier alpha value is -2.14. The van der Waals surface area contributed by atoms with E-state index < -0.39 is 0 Å². The standard InChI is InChI=1S/C14H14N2O3/c17-11-6-10(7-11)15-14(18)13-8-12(16-19-13)9-4-2-1-3-5-9/h1-5,8,10-11,17H,6-7H2,(H,15,18)/t10-,11-. The molecule has 1 fully saturated rings. The van der Waals surface area contributed by atoms with E-state index in [1.165, 1.54) is 0 Å². The third-order valence-electron chi connectivity index (χ3n) is 3.25. The lowest BCUT2D eigenvalue weighted by Crippen LogP contribution is -2.46. The van der Waals surface area contributed by atoms with Crippen molar-refractivity contribution in [3.05, 3.63) is 42.2 Å². The molecule has 98 valence electrons. The Morgan fingerprint density at radius 2 is 2.05 bits per heavy atom. The van der Waals surface area contributed by atoms with E-state index >= 15 is 0 Å². The van der Waals surface area contributed by atoms with Crippen LogP contribution in [0.3, 0.4) is 0 Å². The van der Waals surface area contributed by atoms with Gasteiger partial charge in [-0.05, 0) is 12.8 Å². The van der Waals surface area contributed by atoms with E-state index in [0.29, 0.717) is 18.5 Å². The Labute approximate surface area is 110 Å². The minimum absolute atomic E-state index is 0.0350. The maximum Gasteiger partial charge on any atom is 0.290 e. The highest BCUT2D eigenvalue weighted by atomic mass is 16.5. The lowest BCUT2D eigenvalue weighted by molar-refractivity contribution is 0.0547. The first-order valence-corrected chi connectivity index (χ1v) is 6.23. The molecule has 1 amide bonds. The summed E-state index contributed by atoms with van der Waals surface area (Å²) in [6.45, 7) is 0. The second-order valence-electron chi connectivity index (χ2n) is 4.74. The van der Waals surface area contributed by atoms with Crippen LogP contribution in [0, 0.1) is 0 Å². The molecule has 1 aliphatic rings. The monoisotopic (exact) mass is 258 g/mol. The summed E-state index contributed by atoms with van der Waals surface area (Å²) >= 11 is 0.